The van der Waals surface area contributed by atoms with Gasteiger partial charge in [-0.1, -0.05) is 56.2 Å². The minimum atomic E-state index is 0. The monoisotopic (exact) mass is 400 g/mol. The molecule has 0 amide bonds. The van der Waals surface area contributed by atoms with Crippen LogP contribution in [0.2, 0.25) is 0 Å². The minimum absolute atomic E-state index is 0. The van der Waals surface area contributed by atoms with E-state index in [9.17, 15) is 0 Å². The van der Waals surface area contributed by atoms with Crippen LogP contribution >= 0.6 is 12.4 Å². The number of aryl methyl sites for hydroxylation is 3. The van der Waals surface area contributed by atoms with Crippen LogP contribution in [0.4, 0.5) is 5.69 Å². The molecule has 1 fully saturated rings. The molecule has 0 N–H and O–H groups in total. The number of hydrogen-bond acceptors (Lipinski definition) is 2. The number of rotatable bonds is 8. The minimum Gasteiger partial charge on any atom is -0.369 e. The molecular formula is C25H37ClN2. The summed E-state index contributed by atoms with van der Waals surface area (Å²) in [6, 6.07) is 15.9. The van der Waals surface area contributed by atoms with Gasteiger partial charge in [-0.3, -0.25) is 4.90 Å². The first kappa shape index (κ1) is 22.8. The summed E-state index contributed by atoms with van der Waals surface area (Å²) in [5, 5.41) is 0. The second kappa shape index (κ2) is 11.5. The molecule has 2 aromatic carbocycles. The molecule has 0 radical (unpaired) electrons. The lowest BCUT2D eigenvalue weighted by Gasteiger charge is -2.36. The first-order valence-corrected chi connectivity index (χ1v) is 10.8. The predicted octanol–water partition coefficient (Wildman–Crippen LogP) is 5.82. The molecule has 2 aromatic rings. The van der Waals surface area contributed by atoms with Crippen LogP contribution in [0, 0.1) is 13.8 Å². The van der Waals surface area contributed by atoms with Crippen LogP contribution in [0.5, 0.6) is 0 Å². The lowest BCUT2D eigenvalue weighted by Crippen LogP contribution is -2.47. The summed E-state index contributed by atoms with van der Waals surface area (Å²) >= 11 is 0. The van der Waals surface area contributed by atoms with E-state index in [4.69, 9.17) is 0 Å². The van der Waals surface area contributed by atoms with Gasteiger partial charge in [0.1, 0.15) is 0 Å². The number of unbranched alkanes of at least 4 members (excludes halogenated alkanes) is 2. The number of para-hydroxylation sites is 1. The molecule has 154 valence electrons. The van der Waals surface area contributed by atoms with Crippen molar-refractivity contribution in [1.29, 1.82) is 0 Å². The Morgan fingerprint density at radius 3 is 2.29 bits per heavy atom. The van der Waals surface area contributed by atoms with Crippen LogP contribution in [-0.2, 0) is 12.8 Å². The largest absolute Gasteiger partial charge is 0.369 e. The normalized spacial score (nSPS) is 14.8. The van der Waals surface area contributed by atoms with Crippen LogP contribution in [-0.4, -0.2) is 37.6 Å². The summed E-state index contributed by atoms with van der Waals surface area (Å²) < 4.78 is 0. The lowest BCUT2D eigenvalue weighted by atomic mass is 9.98. The number of hydrogen-bond donors (Lipinski definition) is 0. The Bertz CT molecular complexity index is 720. The number of piperazine rings is 1. The fourth-order valence-electron chi connectivity index (χ4n) is 4.13. The van der Waals surface area contributed by atoms with Crippen LogP contribution in [0.3, 0.4) is 0 Å². The SMILES string of the molecule is CCCCCc1cc(CCN2CCN(c3ccccc3C)CC2)ccc1C.Cl. The highest BCUT2D eigenvalue weighted by molar-refractivity contribution is 5.85. The van der Waals surface area contributed by atoms with Gasteiger partial charge in [-0.15, -0.1) is 12.4 Å². The predicted molar refractivity (Wildman–Crippen MR) is 125 cm³/mol. The summed E-state index contributed by atoms with van der Waals surface area (Å²) in [6.07, 6.45) is 6.37. The van der Waals surface area contributed by atoms with Crippen LogP contribution in [0.1, 0.15) is 48.4 Å². The third-order valence-electron chi connectivity index (χ3n) is 6.01. The fourth-order valence-corrected chi connectivity index (χ4v) is 4.13. The Kier molecular flexibility index (Phi) is 9.34. The van der Waals surface area contributed by atoms with Gasteiger partial charge in [0, 0.05) is 38.4 Å². The van der Waals surface area contributed by atoms with Crippen molar-refractivity contribution in [2.24, 2.45) is 0 Å². The van der Waals surface area contributed by atoms with Crippen molar-refractivity contribution >= 4 is 18.1 Å². The Morgan fingerprint density at radius 2 is 1.57 bits per heavy atom. The molecule has 2 nitrogen and oxygen atoms in total. The fraction of sp³-hybridized carbons (Fsp3) is 0.520. The van der Waals surface area contributed by atoms with E-state index in [2.05, 4.69) is 73.0 Å². The topological polar surface area (TPSA) is 6.48 Å². The molecule has 0 bridgehead atoms. The van der Waals surface area contributed by atoms with Crippen molar-refractivity contribution in [1.82, 2.24) is 4.90 Å². The van der Waals surface area contributed by atoms with E-state index >= 15 is 0 Å². The highest BCUT2D eigenvalue weighted by Crippen LogP contribution is 2.21. The summed E-state index contributed by atoms with van der Waals surface area (Å²) in [4.78, 5) is 5.18. The average Bonchev–Trinajstić information content (AvgIpc) is 2.69. The van der Waals surface area contributed by atoms with Crippen molar-refractivity contribution in [3.05, 3.63) is 64.7 Å². The quantitative estimate of drug-likeness (QED) is 0.515. The molecular weight excluding hydrogens is 364 g/mol. The standard InChI is InChI=1S/C25H36N2.ClH/c1-4-5-6-10-24-20-23(13-12-21(24)2)14-15-26-16-18-27(19-17-26)25-11-8-7-9-22(25)3;/h7-9,11-13,20H,4-6,10,14-19H2,1-3H3;1H. The zero-order chi connectivity index (χ0) is 19.1. The Labute approximate surface area is 178 Å². The molecule has 3 rings (SSSR count). The van der Waals surface area contributed by atoms with Gasteiger partial charge in [-0.05, 0) is 61.4 Å². The summed E-state index contributed by atoms with van der Waals surface area (Å²) in [5.41, 5.74) is 7.33. The van der Waals surface area contributed by atoms with E-state index in [1.165, 1.54) is 74.1 Å². The molecule has 0 unspecified atom stereocenters. The maximum atomic E-state index is 2.63. The van der Waals surface area contributed by atoms with E-state index in [0.29, 0.717) is 0 Å². The lowest BCUT2D eigenvalue weighted by molar-refractivity contribution is 0.261. The Balaban J connectivity index is 0.00000280. The zero-order valence-corrected chi connectivity index (χ0v) is 18.7. The smallest absolute Gasteiger partial charge is 0.0396 e. The van der Waals surface area contributed by atoms with E-state index < -0.39 is 0 Å². The van der Waals surface area contributed by atoms with Crippen molar-refractivity contribution in [3.63, 3.8) is 0 Å². The number of benzene rings is 2. The molecule has 1 aliphatic heterocycles. The highest BCUT2D eigenvalue weighted by atomic mass is 35.5. The zero-order valence-electron chi connectivity index (χ0n) is 17.9. The third-order valence-corrected chi connectivity index (χ3v) is 6.01. The maximum absolute atomic E-state index is 2.63. The first-order chi connectivity index (χ1) is 13.2. The first-order valence-electron chi connectivity index (χ1n) is 10.8. The maximum Gasteiger partial charge on any atom is 0.0396 e. The molecule has 0 atom stereocenters. The average molecular weight is 401 g/mol. The summed E-state index contributed by atoms with van der Waals surface area (Å²) in [6.45, 7) is 12.6. The van der Waals surface area contributed by atoms with Crippen molar-refractivity contribution in [2.75, 3.05) is 37.6 Å². The summed E-state index contributed by atoms with van der Waals surface area (Å²) in [7, 11) is 0. The number of anilines is 1. The van der Waals surface area contributed by atoms with E-state index in [-0.39, 0.29) is 12.4 Å². The molecule has 0 saturated carbocycles. The van der Waals surface area contributed by atoms with Crippen LogP contribution in [0.15, 0.2) is 42.5 Å². The van der Waals surface area contributed by atoms with Crippen molar-refractivity contribution in [3.8, 4) is 0 Å². The molecule has 0 aliphatic carbocycles. The van der Waals surface area contributed by atoms with E-state index in [1.54, 1.807) is 5.56 Å². The molecule has 1 saturated heterocycles. The second-order valence-electron chi connectivity index (χ2n) is 8.08. The second-order valence-corrected chi connectivity index (χ2v) is 8.08. The van der Waals surface area contributed by atoms with Gasteiger partial charge in [0.25, 0.3) is 0 Å². The third kappa shape index (κ3) is 6.25. The van der Waals surface area contributed by atoms with Crippen LogP contribution in [0.25, 0.3) is 0 Å². The molecule has 1 heterocycles. The Hall–Kier alpha value is -1.51. The molecule has 28 heavy (non-hydrogen) atoms. The Morgan fingerprint density at radius 1 is 0.821 bits per heavy atom. The number of halogens is 1. The van der Waals surface area contributed by atoms with Gasteiger partial charge in [-0.25, -0.2) is 0 Å². The van der Waals surface area contributed by atoms with Gasteiger partial charge in [0.15, 0.2) is 0 Å². The van der Waals surface area contributed by atoms with Gasteiger partial charge in [0.2, 0.25) is 0 Å². The highest BCUT2D eigenvalue weighted by Gasteiger charge is 2.18. The van der Waals surface area contributed by atoms with Crippen molar-refractivity contribution in [2.45, 2.75) is 52.9 Å². The molecule has 0 aromatic heterocycles. The molecule has 0 spiro atoms. The van der Waals surface area contributed by atoms with Crippen LogP contribution < -0.4 is 4.90 Å². The van der Waals surface area contributed by atoms with Gasteiger partial charge < -0.3 is 4.90 Å². The van der Waals surface area contributed by atoms with Gasteiger partial charge >= 0.3 is 0 Å². The van der Waals surface area contributed by atoms with Gasteiger partial charge in [0.05, 0.1) is 0 Å². The summed E-state index contributed by atoms with van der Waals surface area (Å²) in [5.74, 6) is 0. The number of nitrogens with zero attached hydrogens (tertiary/aromatic N) is 2. The van der Waals surface area contributed by atoms with E-state index in [1.807, 2.05) is 0 Å². The van der Waals surface area contributed by atoms with Crippen molar-refractivity contribution < 1.29 is 0 Å². The molecule has 1 aliphatic rings. The van der Waals surface area contributed by atoms with E-state index in [0.717, 1.165) is 13.1 Å². The molecule has 3 heteroatoms. The van der Waals surface area contributed by atoms with Gasteiger partial charge in [-0.2, -0.15) is 0 Å².